The molecular formula is C17H20N2S. The highest BCUT2D eigenvalue weighted by Gasteiger charge is 2.17. The Balaban J connectivity index is 1.89. The van der Waals surface area contributed by atoms with Gasteiger partial charge in [0.1, 0.15) is 0 Å². The van der Waals surface area contributed by atoms with E-state index in [2.05, 4.69) is 49.1 Å². The minimum Gasteiger partial charge on any atom is -0.399 e. The van der Waals surface area contributed by atoms with Gasteiger partial charge in [-0.05, 0) is 48.7 Å². The first-order chi connectivity index (χ1) is 9.63. The number of hydrogen-bond acceptors (Lipinski definition) is 3. The van der Waals surface area contributed by atoms with Crippen LogP contribution in [-0.4, -0.2) is 12.3 Å². The predicted octanol–water partition coefficient (Wildman–Crippen LogP) is 4.00. The monoisotopic (exact) mass is 284 g/mol. The molecule has 2 N–H and O–H groups in total. The molecule has 104 valence electrons. The second kappa shape index (κ2) is 5.41. The predicted molar refractivity (Wildman–Crippen MR) is 88.5 cm³/mol. The van der Waals surface area contributed by atoms with Crippen LogP contribution in [0.15, 0.2) is 41.3 Å². The van der Waals surface area contributed by atoms with Crippen molar-refractivity contribution in [1.29, 1.82) is 0 Å². The van der Waals surface area contributed by atoms with Crippen LogP contribution in [0.3, 0.4) is 0 Å². The zero-order chi connectivity index (χ0) is 14.1. The molecule has 2 nitrogen and oxygen atoms in total. The number of fused-ring (bicyclic) bond motifs is 1. The third-order valence-electron chi connectivity index (χ3n) is 3.89. The molecule has 0 radical (unpaired) electrons. The van der Waals surface area contributed by atoms with Crippen LogP contribution >= 0.6 is 11.8 Å². The average Bonchev–Trinajstić information content (AvgIpc) is 2.44. The molecule has 3 rings (SSSR count). The van der Waals surface area contributed by atoms with E-state index in [1.54, 1.807) is 0 Å². The number of nitrogens with zero attached hydrogens (tertiary/aromatic N) is 1. The quantitative estimate of drug-likeness (QED) is 0.845. The minimum absolute atomic E-state index is 0.844. The molecule has 20 heavy (non-hydrogen) atoms. The van der Waals surface area contributed by atoms with Gasteiger partial charge in [0.25, 0.3) is 0 Å². The molecule has 3 heteroatoms. The van der Waals surface area contributed by atoms with Gasteiger partial charge < -0.3 is 10.6 Å². The van der Waals surface area contributed by atoms with Crippen LogP contribution < -0.4 is 10.6 Å². The summed E-state index contributed by atoms with van der Waals surface area (Å²) in [7, 11) is 0. The Morgan fingerprint density at radius 1 is 1.10 bits per heavy atom. The molecule has 0 spiro atoms. The molecule has 2 aromatic carbocycles. The Labute approximate surface area is 125 Å². The molecule has 0 saturated heterocycles. The Kier molecular flexibility index (Phi) is 3.62. The number of anilines is 2. The zero-order valence-electron chi connectivity index (χ0n) is 12.0. The lowest BCUT2D eigenvalue weighted by Gasteiger charge is -2.31. The maximum Gasteiger partial charge on any atom is 0.0528 e. The number of hydrogen-bond donors (Lipinski definition) is 1. The van der Waals surface area contributed by atoms with Crippen molar-refractivity contribution < 1.29 is 0 Å². The van der Waals surface area contributed by atoms with Crippen LogP contribution in [0.25, 0.3) is 0 Å². The third-order valence-corrected chi connectivity index (χ3v) is 4.93. The normalized spacial score (nSPS) is 14.2. The number of nitrogen functional groups attached to an aromatic ring is 1. The summed E-state index contributed by atoms with van der Waals surface area (Å²) in [5.41, 5.74) is 12.2. The highest BCUT2D eigenvalue weighted by Crippen LogP contribution is 2.36. The summed E-state index contributed by atoms with van der Waals surface area (Å²) in [6.07, 6.45) is 0. The molecule has 0 atom stereocenters. The lowest BCUT2D eigenvalue weighted by Crippen LogP contribution is -2.28. The standard InChI is InChI=1S/C17H20N2S/c1-12-3-4-14(9-13(12)2)11-19-7-8-20-17-6-5-15(18)10-16(17)19/h3-6,9-10H,7-8,11,18H2,1-2H3. The number of rotatable bonds is 2. The SMILES string of the molecule is Cc1ccc(CN2CCSc3ccc(N)cc32)cc1C. The van der Waals surface area contributed by atoms with Crippen molar-refractivity contribution in [2.75, 3.05) is 22.9 Å². The lowest BCUT2D eigenvalue weighted by molar-refractivity contribution is 0.817. The van der Waals surface area contributed by atoms with E-state index in [0.29, 0.717) is 0 Å². The van der Waals surface area contributed by atoms with Crippen molar-refractivity contribution in [3.63, 3.8) is 0 Å². The fourth-order valence-corrected chi connectivity index (χ4v) is 3.61. The number of nitrogens with two attached hydrogens (primary N) is 1. The summed E-state index contributed by atoms with van der Waals surface area (Å²) in [6, 6.07) is 13.0. The van der Waals surface area contributed by atoms with Crippen molar-refractivity contribution in [2.24, 2.45) is 0 Å². The average molecular weight is 284 g/mol. The Hall–Kier alpha value is -1.61. The molecule has 0 unspecified atom stereocenters. The molecule has 2 aromatic rings. The van der Waals surface area contributed by atoms with Gasteiger partial charge >= 0.3 is 0 Å². The summed E-state index contributed by atoms with van der Waals surface area (Å²) in [5.74, 6) is 1.14. The molecule has 1 aliphatic heterocycles. The van der Waals surface area contributed by atoms with Gasteiger partial charge in [-0.25, -0.2) is 0 Å². The van der Waals surface area contributed by atoms with E-state index in [1.165, 1.54) is 27.3 Å². The molecule has 0 aromatic heterocycles. The van der Waals surface area contributed by atoms with Crippen LogP contribution in [0.4, 0.5) is 11.4 Å². The van der Waals surface area contributed by atoms with E-state index < -0.39 is 0 Å². The first-order valence-electron chi connectivity index (χ1n) is 6.97. The first kappa shape index (κ1) is 13.4. The van der Waals surface area contributed by atoms with Crippen molar-refractivity contribution in [2.45, 2.75) is 25.3 Å². The molecular weight excluding hydrogens is 264 g/mol. The first-order valence-corrected chi connectivity index (χ1v) is 7.95. The van der Waals surface area contributed by atoms with E-state index >= 15 is 0 Å². The van der Waals surface area contributed by atoms with E-state index in [9.17, 15) is 0 Å². The molecule has 1 aliphatic rings. The van der Waals surface area contributed by atoms with Crippen molar-refractivity contribution >= 4 is 23.1 Å². The van der Waals surface area contributed by atoms with Crippen molar-refractivity contribution in [1.82, 2.24) is 0 Å². The van der Waals surface area contributed by atoms with Gasteiger partial charge in [-0.3, -0.25) is 0 Å². The molecule has 0 aliphatic carbocycles. The van der Waals surface area contributed by atoms with Gasteiger partial charge in [0, 0.05) is 29.4 Å². The van der Waals surface area contributed by atoms with Crippen LogP contribution in [0, 0.1) is 13.8 Å². The number of benzene rings is 2. The molecule has 0 bridgehead atoms. The molecule has 0 amide bonds. The number of aryl methyl sites for hydroxylation is 2. The van der Waals surface area contributed by atoms with Gasteiger partial charge in [0.2, 0.25) is 0 Å². The summed E-state index contributed by atoms with van der Waals surface area (Å²) >= 11 is 1.92. The highest BCUT2D eigenvalue weighted by atomic mass is 32.2. The fraction of sp³-hybridized carbons (Fsp3) is 0.294. The Morgan fingerprint density at radius 2 is 1.95 bits per heavy atom. The maximum atomic E-state index is 5.95. The highest BCUT2D eigenvalue weighted by molar-refractivity contribution is 7.99. The van der Waals surface area contributed by atoms with Gasteiger partial charge in [-0.2, -0.15) is 0 Å². The lowest BCUT2D eigenvalue weighted by atomic mass is 10.1. The minimum atomic E-state index is 0.844. The zero-order valence-corrected chi connectivity index (χ0v) is 12.8. The van der Waals surface area contributed by atoms with Gasteiger partial charge in [-0.1, -0.05) is 18.2 Å². The van der Waals surface area contributed by atoms with Crippen molar-refractivity contribution in [3.05, 3.63) is 53.1 Å². The fourth-order valence-electron chi connectivity index (χ4n) is 2.58. The summed E-state index contributed by atoms with van der Waals surface area (Å²) < 4.78 is 0. The smallest absolute Gasteiger partial charge is 0.0528 e. The second-order valence-electron chi connectivity index (χ2n) is 5.42. The second-order valence-corrected chi connectivity index (χ2v) is 6.55. The van der Waals surface area contributed by atoms with E-state index in [1.807, 2.05) is 17.8 Å². The van der Waals surface area contributed by atoms with Gasteiger partial charge in [0.15, 0.2) is 0 Å². The van der Waals surface area contributed by atoms with E-state index in [4.69, 9.17) is 5.73 Å². The summed E-state index contributed by atoms with van der Waals surface area (Å²) in [4.78, 5) is 3.78. The van der Waals surface area contributed by atoms with E-state index in [0.717, 1.165) is 24.5 Å². The Morgan fingerprint density at radius 3 is 2.75 bits per heavy atom. The van der Waals surface area contributed by atoms with Gasteiger partial charge in [-0.15, -0.1) is 11.8 Å². The third kappa shape index (κ3) is 2.63. The maximum absolute atomic E-state index is 5.95. The largest absolute Gasteiger partial charge is 0.399 e. The molecule has 1 heterocycles. The van der Waals surface area contributed by atoms with Gasteiger partial charge in [0.05, 0.1) is 5.69 Å². The van der Waals surface area contributed by atoms with Crippen molar-refractivity contribution in [3.8, 4) is 0 Å². The summed E-state index contributed by atoms with van der Waals surface area (Å²) in [5, 5.41) is 0. The molecule has 0 saturated carbocycles. The van der Waals surface area contributed by atoms with Crippen LogP contribution in [0.5, 0.6) is 0 Å². The number of thioether (sulfide) groups is 1. The topological polar surface area (TPSA) is 29.3 Å². The van der Waals surface area contributed by atoms with E-state index in [-0.39, 0.29) is 0 Å². The summed E-state index contributed by atoms with van der Waals surface area (Å²) in [6.45, 7) is 6.37. The van der Waals surface area contributed by atoms with Crippen LogP contribution in [0.2, 0.25) is 0 Å². The Bertz CT molecular complexity index is 637. The molecule has 0 fully saturated rings. The van der Waals surface area contributed by atoms with Crippen LogP contribution in [-0.2, 0) is 6.54 Å². The van der Waals surface area contributed by atoms with Crippen LogP contribution in [0.1, 0.15) is 16.7 Å².